The Morgan fingerprint density at radius 2 is 1.72 bits per heavy atom. The average Bonchev–Trinajstić information content (AvgIpc) is 2.66. The van der Waals surface area contributed by atoms with Crippen LogP contribution in [0.1, 0.15) is 10.4 Å². The number of fused-ring (bicyclic) bond motifs is 3. The van der Waals surface area contributed by atoms with Crippen molar-refractivity contribution in [1.29, 1.82) is 0 Å². The monoisotopic (exact) mass is 347 g/mol. The molecule has 1 heterocycles. The number of ether oxygens (including phenoxy) is 1. The molecule has 0 spiro atoms. The van der Waals surface area contributed by atoms with E-state index < -0.39 is 5.97 Å². The maximum absolute atomic E-state index is 12.3. The molecule has 0 aliphatic heterocycles. The van der Waals surface area contributed by atoms with E-state index in [2.05, 4.69) is 0 Å². The molecule has 3 nitrogen and oxygen atoms in total. The van der Waals surface area contributed by atoms with Gasteiger partial charge < -0.3 is 4.74 Å². The molecular formula is C21H14ClNO2. The Balaban J connectivity index is 2.13. The van der Waals surface area contributed by atoms with Crippen LogP contribution in [0.15, 0.2) is 66.7 Å². The Morgan fingerprint density at radius 3 is 2.52 bits per heavy atom. The number of aromatic nitrogens is 1. The second kappa shape index (κ2) is 6.19. The summed E-state index contributed by atoms with van der Waals surface area (Å²) in [5.74, 6) is -0.393. The minimum Gasteiger partial charge on any atom is -0.465 e. The minimum atomic E-state index is -0.393. The second-order valence-electron chi connectivity index (χ2n) is 5.71. The summed E-state index contributed by atoms with van der Waals surface area (Å²) >= 11 is 6.34. The largest absolute Gasteiger partial charge is 0.465 e. The fraction of sp³-hybridized carbons (Fsp3) is 0.0476. The van der Waals surface area contributed by atoms with Crippen LogP contribution in [0, 0.1) is 0 Å². The van der Waals surface area contributed by atoms with Gasteiger partial charge in [0.05, 0.1) is 23.9 Å². The normalized spacial score (nSPS) is 11.0. The number of hydrogen-bond acceptors (Lipinski definition) is 3. The molecule has 0 saturated heterocycles. The molecule has 0 atom stereocenters. The van der Waals surface area contributed by atoms with Gasteiger partial charge in [-0.1, -0.05) is 66.2 Å². The van der Waals surface area contributed by atoms with Crippen molar-refractivity contribution < 1.29 is 9.53 Å². The van der Waals surface area contributed by atoms with E-state index in [4.69, 9.17) is 21.3 Å². The van der Waals surface area contributed by atoms with Gasteiger partial charge in [0.2, 0.25) is 0 Å². The Kier molecular flexibility index (Phi) is 3.86. The summed E-state index contributed by atoms with van der Waals surface area (Å²) in [6.45, 7) is 0. The molecule has 0 fully saturated rings. The molecule has 0 N–H and O–H groups in total. The minimum absolute atomic E-state index is 0.393. The van der Waals surface area contributed by atoms with Crippen LogP contribution in [0.3, 0.4) is 0 Å². The van der Waals surface area contributed by atoms with Crippen LogP contribution in [0.4, 0.5) is 0 Å². The molecule has 4 aromatic rings. The van der Waals surface area contributed by atoms with Crippen LogP contribution in [0.5, 0.6) is 0 Å². The molecule has 4 rings (SSSR count). The summed E-state index contributed by atoms with van der Waals surface area (Å²) in [6, 6.07) is 21.1. The standard InChI is InChI=1S/C21H14ClNO2/c1-25-21(24)17-12-19(16-8-4-5-9-18(16)22)23-20-14-7-3-2-6-13(14)10-11-15(17)20/h2-12H,1H3. The smallest absolute Gasteiger partial charge is 0.338 e. The number of hydrogen-bond donors (Lipinski definition) is 0. The van der Waals surface area contributed by atoms with Crippen molar-refractivity contribution in [2.45, 2.75) is 0 Å². The van der Waals surface area contributed by atoms with E-state index in [-0.39, 0.29) is 0 Å². The van der Waals surface area contributed by atoms with Crippen molar-refractivity contribution >= 4 is 39.2 Å². The van der Waals surface area contributed by atoms with Crippen molar-refractivity contribution in [2.75, 3.05) is 7.11 Å². The van der Waals surface area contributed by atoms with Gasteiger partial charge in [0, 0.05) is 21.4 Å². The number of esters is 1. The maximum Gasteiger partial charge on any atom is 0.338 e. The Hall–Kier alpha value is -2.91. The first-order chi connectivity index (χ1) is 12.2. The highest BCUT2D eigenvalue weighted by Crippen LogP contribution is 2.33. The lowest BCUT2D eigenvalue weighted by molar-refractivity contribution is 0.0603. The van der Waals surface area contributed by atoms with Crippen LogP contribution >= 0.6 is 11.6 Å². The highest BCUT2D eigenvalue weighted by atomic mass is 35.5. The lowest BCUT2D eigenvalue weighted by Gasteiger charge is -2.11. The lowest BCUT2D eigenvalue weighted by Crippen LogP contribution is -2.04. The van der Waals surface area contributed by atoms with Crippen LogP contribution < -0.4 is 0 Å². The van der Waals surface area contributed by atoms with Crippen LogP contribution in [-0.2, 0) is 4.74 Å². The summed E-state index contributed by atoms with van der Waals surface area (Å²) in [4.78, 5) is 17.2. The van der Waals surface area contributed by atoms with E-state index in [0.29, 0.717) is 16.3 Å². The number of halogens is 1. The van der Waals surface area contributed by atoms with Gasteiger partial charge in [-0.15, -0.1) is 0 Å². The van der Waals surface area contributed by atoms with Gasteiger partial charge in [-0.3, -0.25) is 0 Å². The maximum atomic E-state index is 12.3. The predicted molar refractivity (Wildman–Crippen MR) is 101 cm³/mol. The Labute approximate surface area is 149 Å². The van der Waals surface area contributed by atoms with E-state index in [1.165, 1.54) is 7.11 Å². The van der Waals surface area contributed by atoms with Crippen molar-refractivity contribution in [1.82, 2.24) is 4.98 Å². The third-order valence-electron chi connectivity index (χ3n) is 4.26. The van der Waals surface area contributed by atoms with Crippen molar-refractivity contribution in [2.24, 2.45) is 0 Å². The molecule has 3 aromatic carbocycles. The third kappa shape index (κ3) is 2.63. The number of carbonyl (C=O) groups is 1. The highest BCUT2D eigenvalue weighted by Gasteiger charge is 2.17. The van der Waals surface area contributed by atoms with Gasteiger partial charge >= 0.3 is 5.97 Å². The fourth-order valence-electron chi connectivity index (χ4n) is 3.05. The first kappa shape index (κ1) is 15.6. The summed E-state index contributed by atoms with van der Waals surface area (Å²) in [5.41, 5.74) is 2.67. The van der Waals surface area contributed by atoms with Gasteiger partial charge in [-0.05, 0) is 17.5 Å². The SMILES string of the molecule is COC(=O)c1cc(-c2ccccc2Cl)nc2c1ccc1ccccc12. The van der Waals surface area contributed by atoms with Crippen molar-refractivity contribution in [3.63, 3.8) is 0 Å². The predicted octanol–water partition coefficient (Wildman–Crippen LogP) is 5.50. The molecular weight excluding hydrogens is 334 g/mol. The van der Waals surface area contributed by atoms with E-state index in [9.17, 15) is 4.79 Å². The molecule has 0 unspecified atom stereocenters. The van der Waals surface area contributed by atoms with Crippen LogP contribution in [0.2, 0.25) is 5.02 Å². The molecule has 0 bridgehead atoms. The van der Waals surface area contributed by atoms with Crippen molar-refractivity contribution in [3.05, 3.63) is 77.3 Å². The average molecular weight is 348 g/mol. The number of pyridine rings is 1. The first-order valence-corrected chi connectivity index (χ1v) is 8.22. The third-order valence-corrected chi connectivity index (χ3v) is 4.59. The van der Waals surface area contributed by atoms with Gasteiger partial charge in [-0.25, -0.2) is 9.78 Å². The molecule has 0 saturated carbocycles. The number of methoxy groups -OCH3 is 1. The summed E-state index contributed by atoms with van der Waals surface area (Å²) in [6.07, 6.45) is 0. The summed E-state index contributed by atoms with van der Waals surface area (Å²) in [5, 5.41) is 3.40. The molecule has 0 aliphatic carbocycles. The Morgan fingerprint density at radius 1 is 0.960 bits per heavy atom. The topological polar surface area (TPSA) is 39.2 Å². The molecule has 0 radical (unpaired) electrons. The zero-order valence-electron chi connectivity index (χ0n) is 13.5. The van der Waals surface area contributed by atoms with Gasteiger partial charge in [0.1, 0.15) is 0 Å². The Bertz CT molecular complexity index is 1120. The first-order valence-electron chi connectivity index (χ1n) is 7.85. The fourth-order valence-corrected chi connectivity index (χ4v) is 3.28. The molecule has 122 valence electrons. The lowest BCUT2D eigenvalue weighted by atomic mass is 10.00. The van der Waals surface area contributed by atoms with E-state index >= 15 is 0 Å². The zero-order chi connectivity index (χ0) is 17.4. The molecule has 4 heteroatoms. The van der Waals surface area contributed by atoms with Gasteiger partial charge in [0.15, 0.2) is 0 Å². The van der Waals surface area contributed by atoms with Gasteiger partial charge in [-0.2, -0.15) is 0 Å². The quantitative estimate of drug-likeness (QED) is 0.355. The number of benzene rings is 3. The number of nitrogens with zero attached hydrogens (tertiary/aromatic N) is 1. The van der Waals surface area contributed by atoms with Crippen LogP contribution in [-0.4, -0.2) is 18.1 Å². The number of rotatable bonds is 2. The van der Waals surface area contributed by atoms with Crippen LogP contribution in [0.25, 0.3) is 32.9 Å². The molecule has 0 amide bonds. The number of carbonyl (C=O) groups excluding carboxylic acids is 1. The summed E-state index contributed by atoms with van der Waals surface area (Å²) < 4.78 is 4.98. The highest BCUT2D eigenvalue weighted by molar-refractivity contribution is 6.33. The molecule has 1 aromatic heterocycles. The zero-order valence-corrected chi connectivity index (χ0v) is 14.2. The van der Waals surface area contributed by atoms with Crippen molar-refractivity contribution in [3.8, 4) is 11.3 Å². The summed E-state index contributed by atoms with van der Waals surface area (Å²) in [7, 11) is 1.38. The van der Waals surface area contributed by atoms with Gasteiger partial charge in [0.25, 0.3) is 0 Å². The van der Waals surface area contributed by atoms with E-state index in [1.54, 1.807) is 6.07 Å². The van der Waals surface area contributed by atoms with E-state index in [1.807, 2.05) is 60.7 Å². The van der Waals surface area contributed by atoms with E-state index in [0.717, 1.165) is 27.2 Å². The second-order valence-corrected chi connectivity index (χ2v) is 6.12. The molecule has 0 aliphatic rings. The molecule has 25 heavy (non-hydrogen) atoms.